The molecule has 0 saturated carbocycles. The number of carbonyl (C=O) groups is 2. The van der Waals surface area contributed by atoms with Crippen molar-refractivity contribution in [2.75, 3.05) is 24.8 Å². The Bertz CT molecular complexity index is 666. The van der Waals surface area contributed by atoms with Gasteiger partial charge in [-0.25, -0.2) is 4.79 Å². The Morgan fingerprint density at radius 2 is 1.43 bits per heavy atom. The van der Waals surface area contributed by atoms with E-state index in [1.165, 1.54) is 0 Å². The van der Waals surface area contributed by atoms with E-state index in [0.29, 0.717) is 17.8 Å². The lowest BCUT2D eigenvalue weighted by molar-refractivity contribution is -0.119. The average Bonchev–Trinajstić information content (AvgIpc) is 2.57. The molecule has 0 aliphatic heterocycles. The molecule has 0 atom stereocenters. The number of urea groups is 1. The van der Waals surface area contributed by atoms with Crippen LogP contribution in [0.3, 0.4) is 0 Å². The molecule has 0 radical (unpaired) electrons. The molecule has 2 rings (SSSR count). The molecule has 3 amide bonds. The van der Waals surface area contributed by atoms with E-state index < -0.39 is 0 Å². The van der Waals surface area contributed by atoms with Gasteiger partial charge in [0.1, 0.15) is 5.75 Å². The summed E-state index contributed by atoms with van der Waals surface area (Å²) in [6.45, 7) is 0. The molecule has 6 heteroatoms. The van der Waals surface area contributed by atoms with E-state index in [2.05, 4.69) is 16.0 Å². The normalized spacial score (nSPS) is 9.83. The molecule has 0 heterocycles. The zero-order chi connectivity index (χ0) is 16.7. The van der Waals surface area contributed by atoms with Gasteiger partial charge in [-0.05, 0) is 42.0 Å². The van der Waals surface area contributed by atoms with Gasteiger partial charge in [0.05, 0.1) is 13.5 Å². The first-order valence-corrected chi connectivity index (χ1v) is 7.12. The lowest BCUT2D eigenvalue weighted by Crippen LogP contribution is -2.20. The Kier molecular flexibility index (Phi) is 5.57. The third-order valence-electron chi connectivity index (χ3n) is 3.20. The number of carbonyl (C=O) groups excluding carboxylic acids is 2. The van der Waals surface area contributed by atoms with E-state index >= 15 is 0 Å². The number of methoxy groups -OCH3 is 1. The molecule has 0 bridgehead atoms. The molecule has 2 aromatic rings. The van der Waals surface area contributed by atoms with Crippen molar-refractivity contribution in [2.45, 2.75) is 6.42 Å². The molecule has 0 aliphatic rings. The van der Waals surface area contributed by atoms with Crippen molar-refractivity contribution in [3.63, 3.8) is 0 Å². The number of benzene rings is 2. The standard InChI is InChI=1S/C17H19N3O3/c1-18-16(21)11-12-3-5-13(6-4-12)19-17(22)20-14-7-9-15(23-2)10-8-14/h3-10H,11H2,1-2H3,(H,18,21)(H2,19,20,22). The highest BCUT2D eigenvalue weighted by Crippen LogP contribution is 2.16. The molecule has 120 valence electrons. The first-order chi connectivity index (χ1) is 11.1. The van der Waals surface area contributed by atoms with Crippen LogP contribution in [0.15, 0.2) is 48.5 Å². The summed E-state index contributed by atoms with van der Waals surface area (Å²) in [5, 5.41) is 8.03. The van der Waals surface area contributed by atoms with Gasteiger partial charge in [-0.15, -0.1) is 0 Å². The SMILES string of the molecule is CNC(=O)Cc1ccc(NC(=O)Nc2ccc(OC)cc2)cc1. The fraction of sp³-hybridized carbons (Fsp3) is 0.176. The highest BCUT2D eigenvalue weighted by Gasteiger charge is 2.04. The van der Waals surface area contributed by atoms with Gasteiger partial charge >= 0.3 is 6.03 Å². The van der Waals surface area contributed by atoms with Crippen LogP contribution in [-0.4, -0.2) is 26.1 Å². The lowest BCUT2D eigenvalue weighted by Gasteiger charge is -2.09. The first kappa shape index (κ1) is 16.4. The molecular formula is C17H19N3O3. The van der Waals surface area contributed by atoms with Gasteiger partial charge in [-0.3, -0.25) is 4.79 Å². The quantitative estimate of drug-likeness (QED) is 0.794. The Hall–Kier alpha value is -3.02. The van der Waals surface area contributed by atoms with Gasteiger partial charge < -0.3 is 20.7 Å². The molecule has 23 heavy (non-hydrogen) atoms. The molecule has 0 aliphatic carbocycles. The summed E-state index contributed by atoms with van der Waals surface area (Å²) >= 11 is 0. The fourth-order valence-electron chi connectivity index (χ4n) is 1.95. The highest BCUT2D eigenvalue weighted by molar-refractivity contribution is 5.99. The predicted molar refractivity (Wildman–Crippen MR) is 89.8 cm³/mol. The maximum absolute atomic E-state index is 11.9. The third kappa shape index (κ3) is 5.03. The Morgan fingerprint density at radius 3 is 1.91 bits per heavy atom. The first-order valence-electron chi connectivity index (χ1n) is 7.12. The molecule has 0 aromatic heterocycles. The van der Waals surface area contributed by atoms with Crippen LogP contribution < -0.4 is 20.7 Å². The summed E-state index contributed by atoms with van der Waals surface area (Å²) in [7, 11) is 3.19. The minimum Gasteiger partial charge on any atom is -0.497 e. The highest BCUT2D eigenvalue weighted by atomic mass is 16.5. The van der Waals surface area contributed by atoms with Crippen molar-refractivity contribution < 1.29 is 14.3 Å². The summed E-state index contributed by atoms with van der Waals surface area (Å²) in [6, 6.07) is 13.8. The summed E-state index contributed by atoms with van der Waals surface area (Å²) in [5.41, 5.74) is 2.20. The van der Waals surface area contributed by atoms with Crippen molar-refractivity contribution in [2.24, 2.45) is 0 Å². The lowest BCUT2D eigenvalue weighted by atomic mass is 10.1. The van der Waals surface area contributed by atoms with E-state index in [0.717, 1.165) is 11.3 Å². The topological polar surface area (TPSA) is 79.5 Å². The van der Waals surface area contributed by atoms with Crippen molar-refractivity contribution in [3.8, 4) is 5.75 Å². The van der Waals surface area contributed by atoms with E-state index in [1.807, 2.05) is 0 Å². The Morgan fingerprint density at radius 1 is 0.913 bits per heavy atom. The molecular weight excluding hydrogens is 294 g/mol. The molecule has 0 unspecified atom stereocenters. The van der Waals surface area contributed by atoms with Gasteiger partial charge in [0, 0.05) is 18.4 Å². The van der Waals surface area contributed by atoms with Crippen LogP contribution in [0.5, 0.6) is 5.75 Å². The van der Waals surface area contributed by atoms with Gasteiger partial charge in [-0.2, -0.15) is 0 Å². The summed E-state index contributed by atoms with van der Waals surface area (Å²) in [5.74, 6) is 0.672. The second kappa shape index (κ2) is 7.84. The monoisotopic (exact) mass is 313 g/mol. The van der Waals surface area contributed by atoms with Crippen molar-refractivity contribution >= 4 is 23.3 Å². The number of rotatable bonds is 5. The smallest absolute Gasteiger partial charge is 0.323 e. The molecule has 6 nitrogen and oxygen atoms in total. The Labute approximate surface area is 134 Å². The minimum absolute atomic E-state index is 0.0528. The molecule has 2 aromatic carbocycles. The molecule has 0 saturated heterocycles. The largest absolute Gasteiger partial charge is 0.497 e. The van der Waals surface area contributed by atoms with Crippen LogP contribution >= 0.6 is 0 Å². The minimum atomic E-state index is -0.339. The van der Waals surface area contributed by atoms with Crippen molar-refractivity contribution in [1.82, 2.24) is 5.32 Å². The Balaban J connectivity index is 1.90. The summed E-state index contributed by atoms with van der Waals surface area (Å²) in [4.78, 5) is 23.2. The molecule has 3 N–H and O–H groups in total. The number of nitrogens with one attached hydrogen (secondary N) is 3. The fourth-order valence-corrected chi connectivity index (χ4v) is 1.95. The van der Waals surface area contributed by atoms with Crippen LogP contribution in [0.4, 0.5) is 16.2 Å². The van der Waals surface area contributed by atoms with Crippen LogP contribution in [0, 0.1) is 0 Å². The summed E-state index contributed by atoms with van der Waals surface area (Å²) in [6.07, 6.45) is 0.314. The third-order valence-corrected chi connectivity index (χ3v) is 3.20. The van der Waals surface area contributed by atoms with Crippen LogP contribution in [0.1, 0.15) is 5.56 Å². The number of ether oxygens (including phenoxy) is 1. The van der Waals surface area contributed by atoms with Crippen molar-refractivity contribution in [3.05, 3.63) is 54.1 Å². The second-order valence-electron chi connectivity index (χ2n) is 4.85. The average molecular weight is 313 g/mol. The maximum atomic E-state index is 11.9. The van der Waals surface area contributed by atoms with Crippen LogP contribution in [0.25, 0.3) is 0 Å². The summed E-state index contributed by atoms with van der Waals surface area (Å²) < 4.78 is 5.06. The van der Waals surface area contributed by atoms with Crippen LogP contribution in [0.2, 0.25) is 0 Å². The van der Waals surface area contributed by atoms with E-state index in [9.17, 15) is 9.59 Å². The van der Waals surface area contributed by atoms with E-state index in [4.69, 9.17) is 4.74 Å². The number of anilines is 2. The molecule has 0 fully saturated rings. The second-order valence-corrected chi connectivity index (χ2v) is 4.85. The zero-order valence-corrected chi connectivity index (χ0v) is 13.1. The van der Waals surface area contributed by atoms with Gasteiger partial charge in [0.25, 0.3) is 0 Å². The zero-order valence-electron chi connectivity index (χ0n) is 13.1. The van der Waals surface area contributed by atoms with E-state index in [1.54, 1.807) is 62.7 Å². The van der Waals surface area contributed by atoms with Crippen LogP contribution in [-0.2, 0) is 11.2 Å². The van der Waals surface area contributed by atoms with Gasteiger partial charge in [0.15, 0.2) is 0 Å². The maximum Gasteiger partial charge on any atom is 0.323 e. The number of amides is 3. The van der Waals surface area contributed by atoms with E-state index in [-0.39, 0.29) is 11.9 Å². The number of likely N-dealkylation sites (N-methyl/N-ethyl adjacent to an activating group) is 1. The van der Waals surface area contributed by atoms with Crippen molar-refractivity contribution in [1.29, 1.82) is 0 Å². The molecule has 0 spiro atoms. The number of hydrogen-bond acceptors (Lipinski definition) is 3. The van der Waals surface area contributed by atoms with Gasteiger partial charge in [0.2, 0.25) is 5.91 Å². The number of hydrogen-bond donors (Lipinski definition) is 3. The van der Waals surface area contributed by atoms with Gasteiger partial charge in [-0.1, -0.05) is 12.1 Å². The predicted octanol–water partition coefficient (Wildman–Crippen LogP) is 2.63.